The Balaban J connectivity index is 1.45. The Morgan fingerprint density at radius 1 is 1.24 bits per heavy atom. The van der Waals surface area contributed by atoms with Crippen LogP contribution in [0.4, 0.5) is 11.6 Å². The zero-order chi connectivity index (χ0) is 20.6. The first-order valence-electron chi connectivity index (χ1n) is 9.79. The third-order valence-electron chi connectivity index (χ3n) is 5.01. The fourth-order valence-corrected chi connectivity index (χ4v) is 3.44. The minimum absolute atomic E-state index is 0.233. The quantitative estimate of drug-likeness (QED) is 0.402. The molecule has 4 N–H and O–H groups in total. The molecule has 0 radical (unpaired) electrons. The number of allylic oxidation sites excluding steroid dienone is 1. The van der Waals surface area contributed by atoms with E-state index in [1.807, 2.05) is 13.0 Å². The van der Waals surface area contributed by atoms with Crippen LogP contribution in [0.3, 0.4) is 0 Å². The van der Waals surface area contributed by atoms with Crippen LogP contribution in [0.15, 0.2) is 48.9 Å². The van der Waals surface area contributed by atoms with Crippen molar-refractivity contribution in [3.8, 4) is 0 Å². The topological polar surface area (TPSA) is 102 Å². The molecule has 1 aromatic heterocycles. The Kier molecular flexibility index (Phi) is 7.15. The van der Waals surface area contributed by atoms with E-state index in [4.69, 9.17) is 5.21 Å². The van der Waals surface area contributed by atoms with Gasteiger partial charge >= 0.3 is 0 Å². The number of piperidine rings is 1. The number of amides is 1. The van der Waals surface area contributed by atoms with Crippen LogP contribution in [0.5, 0.6) is 0 Å². The maximum atomic E-state index is 11.4. The molecule has 1 aromatic carbocycles. The summed E-state index contributed by atoms with van der Waals surface area (Å²) in [4.78, 5) is 22.0. The predicted molar refractivity (Wildman–Crippen MR) is 113 cm³/mol. The molecule has 3 rings (SSSR count). The lowest BCUT2D eigenvalue weighted by Crippen LogP contribution is -2.38. The van der Waals surface area contributed by atoms with E-state index in [9.17, 15) is 4.79 Å². The van der Waals surface area contributed by atoms with Gasteiger partial charge in [0.05, 0.1) is 5.56 Å². The number of hydrogen-bond acceptors (Lipinski definition) is 7. The number of carbonyl (C=O) groups excluding carboxylic acids is 1. The van der Waals surface area contributed by atoms with Gasteiger partial charge in [0.2, 0.25) is 5.95 Å². The number of carbonyl (C=O) groups is 1. The first-order valence-corrected chi connectivity index (χ1v) is 9.79. The van der Waals surface area contributed by atoms with E-state index in [-0.39, 0.29) is 5.56 Å². The highest BCUT2D eigenvalue weighted by Crippen LogP contribution is 2.21. The van der Waals surface area contributed by atoms with Gasteiger partial charge < -0.3 is 15.5 Å². The minimum Gasteiger partial charge on any atom is -0.359 e. The molecule has 0 bridgehead atoms. The van der Waals surface area contributed by atoms with E-state index in [2.05, 4.69) is 50.3 Å². The Bertz CT molecular complexity index is 831. The van der Waals surface area contributed by atoms with Gasteiger partial charge in [-0.15, -0.1) is 0 Å². The fraction of sp³-hybridized carbons (Fsp3) is 0.381. The van der Waals surface area contributed by atoms with Gasteiger partial charge in [-0.25, -0.2) is 15.4 Å². The molecule has 0 atom stereocenters. The average Bonchev–Trinajstić information content (AvgIpc) is 2.74. The van der Waals surface area contributed by atoms with E-state index >= 15 is 0 Å². The molecule has 2 aromatic rings. The van der Waals surface area contributed by atoms with Gasteiger partial charge in [0.15, 0.2) is 0 Å². The molecule has 1 amide bonds. The van der Waals surface area contributed by atoms with Crippen molar-refractivity contribution in [2.75, 3.05) is 29.9 Å². The number of benzene rings is 1. The molecular formula is C21H28N6O2. The number of para-hydroxylation sites is 1. The van der Waals surface area contributed by atoms with Crippen LogP contribution in [-0.4, -0.2) is 40.7 Å². The van der Waals surface area contributed by atoms with Crippen molar-refractivity contribution in [2.24, 2.45) is 5.92 Å². The number of nitrogens with one attached hydrogen (secondary N) is 3. The van der Waals surface area contributed by atoms with Crippen LogP contribution >= 0.6 is 0 Å². The molecule has 154 valence electrons. The van der Waals surface area contributed by atoms with Crippen LogP contribution in [0.2, 0.25) is 0 Å². The lowest BCUT2D eigenvalue weighted by molar-refractivity contribution is 0.0705. The Morgan fingerprint density at radius 2 is 1.93 bits per heavy atom. The Morgan fingerprint density at radius 3 is 2.59 bits per heavy atom. The number of hydrogen-bond donors (Lipinski definition) is 4. The van der Waals surface area contributed by atoms with Crippen LogP contribution in [-0.2, 0) is 6.54 Å². The van der Waals surface area contributed by atoms with E-state index < -0.39 is 5.91 Å². The highest BCUT2D eigenvalue weighted by Gasteiger charge is 2.21. The normalized spacial score (nSPS) is 14.5. The number of aromatic nitrogens is 2. The number of hydroxylamine groups is 1. The zero-order valence-electron chi connectivity index (χ0n) is 16.7. The summed E-state index contributed by atoms with van der Waals surface area (Å²) in [5, 5.41) is 15.5. The maximum Gasteiger partial charge on any atom is 0.277 e. The molecule has 0 spiro atoms. The van der Waals surface area contributed by atoms with E-state index in [0.717, 1.165) is 50.4 Å². The second kappa shape index (κ2) is 9.99. The van der Waals surface area contributed by atoms with Crippen LogP contribution in [0, 0.1) is 5.92 Å². The summed E-state index contributed by atoms with van der Waals surface area (Å²) in [6, 6.07) is 8.27. The SMILES string of the molecule is C=C(C)Nc1ccccc1CNCC1CCN(c2ncc(C(=O)NO)cn2)CC1. The predicted octanol–water partition coefficient (Wildman–Crippen LogP) is 2.55. The van der Waals surface area contributed by atoms with Gasteiger partial charge in [-0.3, -0.25) is 10.0 Å². The summed E-state index contributed by atoms with van der Waals surface area (Å²) < 4.78 is 0. The molecule has 29 heavy (non-hydrogen) atoms. The fourth-order valence-electron chi connectivity index (χ4n) is 3.44. The molecule has 0 unspecified atom stereocenters. The number of rotatable bonds is 8. The van der Waals surface area contributed by atoms with Crippen molar-refractivity contribution >= 4 is 17.5 Å². The number of nitrogens with zero attached hydrogens (tertiary/aromatic N) is 3. The van der Waals surface area contributed by atoms with Crippen molar-refractivity contribution in [3.05, 3.63) is 60.1 Å². The van der Waals surface area contributed by atoms with Crippen molar-refractivity contribution < 1.29 is 10.0 Å². The maximum absolute atomic E-state index is 11.4. The molecule has 8 heteroatoms. The van der Waals surface area contributed by atoms with E-state index in [1.54, 1.807) is 5.48 Å². The van der Waals surface area contributed by atoms with Crippen LogP contribution < -0.4 is 21.0 Å². The largest absolute Gasteiger partial charge is 0.359 e. The van der Waals surface area contributed by atoms with Gasteiger partial charge in [-0.2, -0.15) is 0 Å². The van der Waals surface area contributed by atoms with Crippen molar-refractivity contribution in [2.45, 2.75) is 26.3 Å². The highest BCUT2D eigenvalue weighted by molar-refractivity contribution is 5.92. The van der Waals surface area contributed by atoms with E-state index in [0.29, 0.717) is 11.9 Å². The monoisotopic (exact) mass is 396 g/mol. The summed E-state index contributed by atoms with van der Waals surface area (Å²) in [6.07, 6.45) is 4.97. The molecule has 1 fully saturated rings. The summed E-state index contributed by atoms with van der Waals surface area (Å²) in [5.74, 6) is 0.610. The third kappa shape index (κ3) is 5.75. The van der Waals surface area contributed by atoms with Crippen molar-refractivity contribution in [1.82, 2.24) is 20.8 Å². The van der Waals surface area contributed by atoms with E-state index in [1.165, 1.54) is 18.0 Å². The third-order valence-corrected chi connectivity index (χ3v) is 5.01. The number of anilines is 2. The molecular weight excluding hydrogens is 368 g/mol. The van der Waals surface area contributed by atoms with Gasteiger partial charge in [-0.1, -0.05) is 24.8 Å². The molecule has 0 saturated carbocycles. The lowest BCUT2D eigenvalue weighted by Gasteiger charge is -2.32. The molecule has 1 aliphatic rings. The van der Waals surface area contributed by atoms with Gasteiger partial charge in [0.1, 0.15) is 0 Å². The van der Waals surface area contributed by atoms with Gasteiger partial charge in [0, 0.05) is 43.4 Å². The molecule has 8 nitrogen and oxygen atoms in total. The lowest BCUT2D eigenvalue weighted by atomic mass is 9.97. The molecule has 1 saturated heterocycles. The Labute approximate surface area is 171 Å². The summed E-state index contributed by atoms with van der Waals surface area (Å²) >= 11 is 0. The smallest absolute Gasteiger partial charge is 0.277 e. The highest BCUT2D eigenvalue weighted by atomic mass is 16.5. The zero-order valence-corrected chi connectivity index (χ0v) is 16.7. The van der Waals surface area contributed by atoms with Crippen LogP contribution in [0.25, 0.3) is 0 Å². The van der Waals surface area contributed by atoms with Gasteiger partial charge in [0.25, 0.3) is 5.91 Å². The average molecular weight is 396 g/mol. The van der Waals surface area contributed by atoms with Crippen LogP contribution in [0.1, 0.15) is 35.7 Å². The second-order valence-electron chi connectivity index (χ2n) is 7.34. The summed E-state index contributed by atoms with van der Waals surface area (Å²) in [6.45, 7) is 9.41. The first-order chi connectivity index (χ1) is 14.1. The first kappa shape index (κ1) is 20.8. The second-order valence-corrected chi connectivity index (χ2v) is 7.34. The summed E-state index contributed by atoms with van der Waals surface area (Å²) in [5.41, 5.74) is 5.07. The van der Waals surface area contributed by atoms with Gasteiger partial charge in [-0.05, 0) is 43.9 Å². The molecule has 1 aliphatic heterocycles. The van der Waals surface area contributed by atoms with Crippen molar-refractivity contribution in [3.63, 3.8) is 0 Å². The van der Waals surface area contributed by atoms with Crippen molar-refractivity contribution in [1.29, 1.82) is 0 Å². The standard InChI is InChI=1S/C21H28N6O2/c1-15(2)25-19-6-4-3-5-17(19)12-22-11-16-7-9-27(10-8-16)21-23-13-18(14-24-21)20(28)26-29/h3-6,13-14,16,22,25,29H,1,7-12H2,2H3,(H,26,28). The summed E-state index contributed by atoms with van der Waals surface area (Å²) in [7, 11) is 0. The molecule has 2 heterocycles. The minimum atomic E-state index is -0.610. The Hall–Kier alpha value is -2.97. The molecule has 0 aliphatic carbocycles.